The van der Waals surface area contributed by atoms with Crippen LogP contribution in [0.25, 0.3) is 0 Å². The Kier molecular flexibility index (Phi) is 9.24. The Morgan fingerprint density at radius 2 is 1.69 bits per heavy atom. The van der Waals surface area contributed by atoms with Gasteiger partial charge in [-0.15, -0.1) is 0 Å². The maximum Gasteiger partial charge on any atom is 0.219 e. The van der Waals surface area contributed by atoms with Gasteiger partial charge in [-0.25, -0.2) is 0 Å². The highest BCUT2D eigenvalue weighted by Crippen LogP contribution is 2.22. The molecule has 1 N–H and O–H groups in total. The Morgan fingerprint density at radius 3 is 2.44 bits per heavy atom. The minimum Gasteiger partial charge on any atom is -0.492 e. The molecule has 2 aromatic carbocycles. The fourth-order valence-electron chi connectivity index (χ4n) is 5.06. The summed E-state index contributed by atoms with van der Waals surface area (Å²) in [6, 6.07) is 16.0. The zero-order valence-corrected chi connectivity index (χ0v) is 21.8. The van der Waals surface area contributed by atoms with Crippen LogP contribution in [0.2, 0.25) is 0 Å². The molecule has 0 spiro atoms. The van der Waals surface area contributed by atoms with E-state index >= 15 is 0 Å². The molecule has 36 heavy (non-hydrogen) atoms. The van der Waals surface area contributed by atoms with Crippen LogP contribution in [0, 0.1) is 6.92 Å². The second-order valence-corrected chi connectivity index (χ2v) is 10.4. The van der Waals surface area contributed by atoms with Crippen LogP contribution in [0.5, 0.6) is 11.5 Å². The highest BCUT2D eigenvalue weighted by Gasteiger charge is 2.37. The summed E-state index contributed by atoms with van der Waals surface area (Å²) in [5.74, 6) is 1.56. The minimum atomic E-state index is -1.17. The number of β-amino-alcohol motifs (C(OH)–C–C–N with tert-alkyl or cyclic N) is 1. The average Bonchev–Trinajstić information content (AvgIpc) is 3.04. The smallest absolute Gasteiger partial charge is 0.219 e. The van der Waals surface area contributed by atoms with E-state index in [0.29, 0.717) is 38.5 Å². The maximum absolute atomic E-state index is 12.2. The lowest BCUT2D eigenvalue weighted by molar-refractivity contribution is -0.132. The Morgan fingerprint density at radius 1 is 0.917 bits per heavy atom. The van der Waals surface area contributed by atoms with E-state index < -0.39 is 5.60 Å². The molecule has 2 aromatic rings. The molecule has 0 radical (unpaired) electrons. The standard InChI is InChI=1S/C29H41N3O4/c1-24-9-11-27(12-10-24)36-23-29(34)21-31(15-16-32(22-29)25(2)33)20-26-7-6-8-28(19-26)35-18-17-30-13-4-3-5-14-30/h6-12,19,34H,3-5,13-18,20-23H2,1-2H3/t29-/m0/s1. The van der Waals surface area contributed by atoms with E-state index in [2.05, 4.69) is 21.9 Å². The van der Waals surface area contributed by atoms with Crippen molar-refractivity contribution >= 4 is 5.91 Å². The molecule has 1 amide bonds. The van der Waals surface area contributed by atoms with Gasteiger partial charge in [-0.1, -0.05) is 36.2 Å². The van der Waals surface area contributed by atoms with Crippen LogP contribution in [-0.4, -0.2) is 90.3 Å². The molecule has 2 aliphatic rings. The maximum atomic E-state index is 12.2. The van der Waals surface area contributed by atoms with Crippen molar-refractivity contribution in [1.29, 1.82) is 0 Å². The summed E-state index contributed by atoms with van der Waals surface area (Å²) in [4.78, 5) is 18.6. The molecular formula is C29H41N3O4. The second kappa shape index (κ2) is 12.6. The van der Waals surface area contributed by atoms with Crippen LogP contribution in [-0.2, 0) is 11.3 Å². The van der Waals surface area contributed by atoms with E-state index in [0.717, 1.165) is 23.4 Å². The summed E-state index contributed by atoms with van der Waals surface area (Å²) < 4.78 is 12.0. The number of hydrogen-bond donors (Lipinski definition) is 1. The minimum absolute atomic E-state index is 0.0327. The Balaban J connectivity index is 1.36. The van der Waals surface area contributed by atoms with Gasteiger partial charge in [-0.2, -0.15) is 0 Å². The molecule has 2 saturated heterocycles. The van der Waals surface area contributed by atoms with Crippen molar-refractivity contribution in [2.75, 3.05) is 59.0 Å². The molecule has 2 heterocycles. The molecule has 0 unspecified atom stereocenters. The van der Waals surface area contributed by atoms with E-state index in [4.69, 9.17) is 9.47 Å². The molecule has 2 aliphatic heterocycles. The monoisotopic (exact) mass is 495 g/mol. The molecule has 0 bridgehead atoms. The highest BCUT2D eigenvalue weighted by molar-refractivity contribution is 5.73. The number of piperidine rings is 1. The van der Waals surface area contributed by atoms with E-state index in [1.807, 2.05) is 43.3 Å². The van der Waals surface area contributed by atoms with E-state index in [-0.39, 0.29) is 19.1 Å². The molecule has 7 nitrogen and oxygen atoms in total. The highest BCUT2D eigenvalue weighted by atomic mass is 16.5. The quantitative estimate of drug-likeness (QED) is 0.576. The number of nitrogens with zero attached hydrogens (tertiary/aromatic N) is 3. The van der Waals surface area contributed by atoms with Gasteiger partial charge in [0.05, 0.1) is 6.54 Å². The van der Waals surface area contributed by atoms with Crippen molar-refractivity contribution in [3.8, 4) is 11.5 Å². The number of rotatable bonds is 9. The van der Waals surface area contributed by atoms with E-state index in [9.17, 15) is 9.90 Å². The lowest BCUT2D eigenvalue weighted by atomic mass is 10.0. The van der Waals surface area contributed by atoms with Gasteiger partial charge >= 0.3 is 0 Å². The molecule has 7 heteroatoms. The first kappa shape index (κ1) is 26.5. The van der Waals surface area contributed by atoms with Crippen LogP contribution < -0.4 is 9.47 Å². The van der Waals surface area contributed by atoms with Gasteiger partial charge in [0.2, 0.25) is 5.91 Å². The first-order valence-corrected chi connectivity index (χ1v) is 13.2. The van der Waals surface area contributed by atoms with Crippen molar-refractivity contribution < 1.29 is 19.4 Å². The Bertz CT molecular complexity index is 977. The molecule has 1 atom stereocenters. The number of hydrogen-bond acceptors (Lipinski definition) is 6. The van der Waals surface area contributed by atoms with Crippen LogP contribution in [0.1, 0.15) is 37.3 Å². The topological polar surface area (TPSA) is 65.5 Å². The number of likely N-dealkylation sites (tertiary alicyclic amines) is 1. The Hall–Kier alpha value is -2.61. The van der Waals surface area contributed by atoms with Crippen LogP contribution in [0.15, 0.2) is 48.5 Å². The van der Waals surface area contributed by atoms with Crippen LogP contribution in [0.4, 0.5) is 0 Å². The van der Waals surface area contributed by atoms with Crippen molar-refractivity contribution in [3.05, 3.63) is 59.7 Å². The summed E-state index contributed by atoms with van der Waals surface area (Å²) >= 11 is 0. The number of carbonyl (C=O) groups excluding carboxylic acids is 1. The summed E-state index contributed by atoms with van der Waals surface area (Å²) in [6.45, 7) is 10.3. The SMILES string of the molecule is CC(=O)N1CCN(Cc2cccc(OCCN3CCCCC3)c2)C[C@@](O)(COc2ccc(C)cc2)C1. The first-order chi connectivity index (χ1) is 17.4. The van der Waals surface area contributed by atoms with Gasteiger partial charge in [0, 0.05) is 39.6 Å². The lowest BCUT2D eigenvalue weighted by Crippen LogP contribution is -2.51. The van der Waals surface area contributed by atoms with Crippen molar-refractivity contribution in [2.24, 2.45) is 0 Å². The fraction of sp³-hybridized carbons (Fsp3) is 0.552. The third-order valence-electron chi connectivity index (χ3n) is 7.09. The Labute approximate surface area is 215 Å². The molecule has 2 fully saturated rings. The van der Waals surface area contributed by atoms with Crippen molar-refractivity contribution in [3.63, 3.8) is 0 Å². The third kappa shape index (κ3) is 7.95. The van der Waals surface area contributed by atoms with Gasteiger partial charge in [-0.3, -0.25) is 14.6 Å². The van der Waals surface area contributed by atoms with Crippen LogP contribution >= 0.6 is 0 Å². The van der Waals surface area contributed by atoms with Gasteiger partial charge in [0.15, 0.2) is 0 Å². The molecule has 196 valence electrons. The number of aliphatic hydroxyl groups is 1. The van der Waals surface area contributed by atoms with Gasteiger partial charge in [-0.05, 0) is 62.7 Å². The lowest BCUT2D eigenvalue weighted by Gasteiger charge is -2.32. The van der Waals surface area contributed by atoms with E-state index in [1.165, 1.54) is 32.4 Å². The van der Waals surface area contributed by atoms with Crippen molar-refractivity contribution in [2.45, 2.75) is 45.3 Å². The summed E-state index contributed by atoms with van der Waals surface area (Å²) in [6.07, 6.45) is 3.91. The largest absolute Gasteiger partial charge is 0.492 e. The third-order valence-corrected chi connectivity index (χ3v) is 7.09. The number of ether oxygens (including phenoxy) is 2. The van der Waals surface area contributed by atoms with Gasteiger partial charge in [0.1, 0.15) is 30.3 Å². The summed E-state index contributed by atoms with van der Waals surface area (Å²) in [7, 11) is 0. The zero-order valence-electron chi connectivity index (χ0n) is 21.8. The van der Waals surface area contributed by atoms with Gasteiger partial charge in [0.25, 0.3) is 0 Å². The molecule has 0 aliphatic carbocycles. The average molecular weight is 496 g/mol. The number of benzene rings is 2. The number of carbonyl (C=O) groups is 1. The number of aryl methyl sites for hydroxylation is 1. The summed E-state index contributed by atoms with van der Waals surface area (Å²) in [5, 5.41) is 11.5. The zero-order chi connectivity index (χ0) is 25.4. The normalized spacial score (nSPS) is 21.7. The fourth-order valence-corrected chi connectivity index (χ4v) is 5.06. The number of amides is 1. The van der Waals surface area contributed by atoms with Crippen molar-refractivity contribution in [1.82, 2.24) is 14.7 Å². The molecular weight excluding hydrogens is 454 g/mol. The molecule has 0 saturated carbocycles. The first-order valence-electron chi connectivity index (χ1n) is 13.2. The van der Waals surface area contributed by atoms with E-state index in [1.54, 1.807) is 11.8 Å². The molecule has 4 rings (SSSR count). The predicted octanol–water partition coefficient (Wildman–Crippen LogP) is 3.33. The van der Waals surface area contributed by atoms with Gasteiger partial charge < -0.3 is 19.5 Å². The molecule has 0 aromatic heterocycles. The second-order valence-electron chi connectivity index (χ2n) is 10.4. The summed E-state index contributed by atoms with van der Waals surface area (Å²) in [5.41, 5.74) is 1.11. The van der Waals surface area contributed by atoms with Crippen LogP contribution in [0.3, 0.4) is 0 Å². The predicted molar refractivity (Wildman–Crippen MR) is 141 cm³/mol.